The van der Waals surface area contributed by atoms with Gasteiger partial charge in [0.05, 0.1) is 4.92 Å². The Morgan fingerprint density at radius 3 is 2.54 bits per heavy atom. The van der Waals surface area contributed by atoms with Gasteiger partial charge in [0.25, 0.3) is 5.69 Å². The van der Waals surface area contributed by atoms with Gasteiger partial charge in [0, 0.05) is 11.6 Å². The van der Waals surface area contributed by atoms with Crippen LogP contribution in [0.1, 0.15) is 30.9 Å². The zero-order valence-electron chi connectivity index (χ0n) is 13.8. The molecule has 2 rings (SSSR count). The molecule has 2 aromatic rings. The molecule has 0 heterocycles. The normalized spacial score (nSPS) is 10.5. The zero-order valence-corrected chi connectivity index (χ0v) is 13.8. The molecule has 0 saturated heterocycles. The molecule has 0 aliphatic carbocycles. The molecule has 0 fully saturated rings. The Balaban J connectivity index is 1.99. The summed E-state index contributed by atoms with van der Waals surface area (Å²) >= 11 is 0. The number of carbonyl (C=O) groups is 1. The summed E-state index contributed by atoms with van der Waals surface area (Å²) in [6.07, 6.45) is 0. The van der Waals surface area contributed by atoms with Gasteiger partial charge >= 0.3 is 5.97 Å². The first-order chi connectivity index (χ1) is 11.4. The molecule has 0 aliphatic rings. The summed E-state index contributed by atoms with van der Waals surface area (Å²) in [6, 6.07) is 11.7. The van der Waals surface area contributed by atoms with Crippen molar-refractivity contribution in [1.82, 2.24) is 0 Å². The fourth-order valence-electron chi connectivity index (χ4n) is 2.27. The van der Waals surface area contributed by atoms with E-state index in [-0.39, 0.29) is 18.2 Å². The summed E-state index contributed by atoms with van der Waals surface area (Å²) in [6.45, 7) is 5.37. The highest BCUT2D eigenvalue weighted by molar-refractivity contribution is 5.74. The second kappa shape index (κ2) is 7.59. The maximum atomic E-state index is 12.0. The Hall–Kier alpha value is -2.89. The molecule has 0 N–H and O–H groups in total. The molecule has 6 nitrogen and oxygen atoms in total. The van der Waals surface area contributed by atoms with E-state index in [1.54, 1.807) is 19.1 Å². The number of rotatable bonds is 6. The number of hydrogen-bond acceptors (Lipinski definition) is 5. The Morgan fingerprint density at radius 1 is 1.21 bits per heavy atom. The summed E-state index contributed by atoms with van der Waals surface area (Å²) in [5.41, 5.74) is 1.42. The van der Waals surface area contributed by atoms with Gasteiger partial charge in [-0.1, -0.05) is 32.0 Å². The van der Waals surface area contributed by atoms with Crippen LogP contribution < -0.4 is 9.47 Å². The Kier molecular flexibility index (Phi) is 5.52. The smallest absolute Gasteiger partial charge is 0.349 e. The van der Waals surface area contributed by atoms with Gasteiger partial charge < -0.3 is 9.47 Å². The molecule has 0 saturated carbocycles. The third-order valence-electron chi connectivity index (χ3n) is 3.49. The maximum absolute atomic E-state index is 12.0. The molecule has 0 radical (unpaired) electrons. The van der Waals surface area contributed by atoms with Gasteiger partial charge in [-0.05, 0) is 36.6 Å². The van der Waals surface area contributed by atoms with Crippen LogP contribution in [0.4, 0.5) is 5.69 Å². The molecule has 0 unspecified atom stereocenters. The van der Waals surface area contributed by atoms with Gasteiger partial charge in [-0.15, -0.1) is 0 Å². The molecule has 6 heteroatoms. The first-order valence-electron chi connectivity index (χ1n) is 7.56. The first-order valence-corrected chi connectivity index (χ1v) is 7.56. The minimum Gasteiger partial charge on any atom is -0.482 e. The van der Waals surface area contributed by atoms with E-state index in [2.05, 4.69) is 0 Å². The molecule has 126 valence electrons. The number of nitrogens with zero attached hydrogens (tertiary/aromatic N) is 1. The van der Waals surface area contributed by atoms with Crippen molar-refractivity contribution in [2.24, 2.45) is 0 Å². The third-order valence-corrected chi connectivity index (χ3v) is 3.49. The highest BCUT2D eigenvalue weighted by Gasteiger charge is 2.14. The second-order valence-corrected chi connectivity index (χ2v) is 5.66. The van der Waals surface area contributed by atoms with E-state index in [0.717, 1.165) is 5.56 Å². The summed E-state index contributed by atoms with van der Waals surface area (Å²) in [5.74, 6) is 0.597. The van der Waals surface area contributed by atoms with Crippen molar-refractivity contribution in [1.29, 1.82) is 0 Å². The number of benzene rings is 2. The lowest BCUT2D eigenvalue weighted by Gasteiger charge is -2.13. The lowest BCUT2D eigenvalue weighted by molar-refractivity contribution is -0.385. The van der Waals surface area contributed by atoms with Crippen molar-refractivity contribution in [3.63, 3.8) is 0 Å². The average molecular weight is 329 g/mol. The van der Waals surface area contributed by atoms with Gasteiger partial charge in [-0.2, -0.15) is 0 Å². The number of hydrogen-bond donors (Lipinski definition) is 0. The van der Waals surface area contributed by atoms with Crippen LogP contribution in [-0.4, -0.2) is 17.5 Å². The average Bonchev–Trinajstić information content (AvgIpc) is 2.53. The molecule has 0 spiro atoms. The quantitative estimate of drug-likeness (QED) is 0.346. The predicted octanol–water partition coefficient (Wildman–Crippen LogP) is 4.01. The molecule has 24 heavy (non-hydrogen) atoms. The van der Waals surface area contributed by atoms with Crippen LogP contribution in [0.25, 0.3) is 0 Å². The topological polar surface area (TPSA) is 78.7 Å². The largest absolute Gasteiger partial charge is 0.482 e. The fraction of sp³-hybridized carbons (Fsp3) is 0.278. The standard InChI is InChI=1S/C18H19NO5/c1-12(2)15-6-4-5-7-17(15)24-18(20)11-23-14-8-9-16(19(21)22)13(3)10-14/h4-10,12H,11H2,1-3H3. The van der Waals surface area contributed by atoms with Gasteiger partial charge in [-0.3, -0.25) is 10.1 Å². The van der Waals surface area contributed by atoms with Gasteiger partial charge in [0.2, 0.25) is 0 Å². The minimum atomic E-state index is -0.529. The minimum absolute atomic E-state index is 0.00999. The Morgan fingerprint density at radius 2 is 1.92 bits per heavy atom. The van der Waals surface area contributed by atoms with Gasteiger partial charge in [-0.25, -0.2) is 4.79 Å². The molecular weight excluding hydrogens is 310 g/mol. The van der Waals surface area contributed by atoms with E-state index in [4.69, 9.17) is 9.47 Å². The van der Waals surface area contributed by atoms with Crippen molar-refractivity contribution < 1.29 is 19.2 Å². The van der Waals surface area contributed by atoms with E-state index in [9.17, 15) is 14.9 Å². The lowest BCUT2D eigenvalue weighted by atomic mass is 10.0. The van der Waals surface area contributed by atoms with Crippen molar-refractivity contribution in [3.05, 3.63) is 63.7 Å². The van der Waals surface area contributed by atoms with Crippen molar-refractivity contribution >= 4 is 11.7 Å². The van der Waals surface area contributed by atoms with Crippen LogP contribution >= 0.6 is 0 Å². The number of para-hydroxylation sites is 1. The Labute approximate surface area is 140 Å². The molecule has 0 amide bonds. The highest BCUT2D eigenvalue weighted by atomic mass is 16.6. The first kappa shape index (κ1) is 17.5. The van der Waals surface area contributed by atoms with Crippen LogP contribution in [-0.2, 0) is 4.79 Å². The van der Waals surface area contributed by atoms with Crippen LogP contribution in [0.2, 0.25) is 0 Å². The maximum Gasteiger partial charge on any atom is 0.349 e. The fourth-order valence-corrected chi connectivity index (χ4v) is 2.27. The second-order valence-electron chi connectivity index (χ2n) is 5.66. The summed E-state index contributed by atoms with van der Waals surface area (Å²) in [5, 5.41) is 10.8. The summed E-state index contributed by atoms with van der Waals surface area (Å²) in [4.78, 5) is 22.3. The SMILES string of the molecule is Cc1cc(OCC(=O)Oc2ccccc2C(C)C)ccc1[N+](=O)[O-]. The van der Waals surface area contributed by atoms with Crippen LogP contribution in [0, 0.1) is 17.0 Å². The summed E-state index contributed by atoms with van der Waals surface area (Å²) in [7, 11) is 0. The Bertz CT molecular complexity index is 755. The van der Waals surface area contributed by atoms with Crippen LogP contribution in [0.3, 0.4) is 0 Å². The van der Waals surface area contributed by atoms with E-state index < -0.39 is 10.9 Å². The molecule has 0 aromatic heterocycles. The van der Waals surface area contributed by atoms with Gasteiger partial charge in [0.15, 0.2) is 6.61 Å². The van der Waals surface area contributed by atoms with Gasteiger partial charge in [0.1, 0.15) is 11.5 Å². The number of ether oxygens (including phenoxy) is 2. The number of nitro groups is 1. The van der Waals surface area contributed by atoms with Crippen molar-refractivity contribution in [2.75, 3.05) is 6.61 Å². The van der Waals surface area contributed by atoms with E-state index in [1.165, 1.54) is 18.2 Å². The monoisotopic (exact) mass is 329 g/mol. The predicted molar refractivity (Wildman–Crippen MR) is 89.5 cm³/mol. The van der Waals surface area contributed by atoms with Crippen molar-refractivity contribution in [3.8, 4) is 11.5 Å². The highest BCUT2D eigenvalue weighted by Crippen LogP contribution is 2.26. The van der Waals surface area contributed by atoms with Crippen molar-refractivity contribution in [2.45, 2.75) is 26.7 Å². The molecule has 0 bridgehead atoms. The number of esters is 1. The number of aryl methyl sites for hydroxylation is 1. The number of nitro benzene ring substituents is 1. The van der Waals surface area contributed by atoms with Crippen LogP contribution in [0.15, 0.2) is 42.5 Å². The molecular formula is C18H19NO5. The van der Waals surface area contributed by atoms with E-state index in [1.807, 2.05) is 26.0 Å². The molecule has 2 aromatic carbocycles. The van der Waals surface area contributed by atoms with E-state index in [0.29, 0.717) is 17.1 Å². The third kappa shape index (κ3) is 4.32. The molecule has 0 aliphatic heterocycles. The van der Waals surface area contributed by atoms with Crippen LogP contribution in [0.5, 0.6) is 11.5 Å². The lowest BCUT2D eigenvalue weighted by Crippen LogP contribution is -2.18. The number of carbonyl (C=O) groups excluding carboxylic acids is 1. The zero-order chi connectivity index (χ0) is 17.7. The molecule has 0 atom stereocenters. The van der Waals surface area contributed by atoms with E-state index >= 15 is 0 Å². The summed E-state index contributed by atoms with van der Waals surface area (Å²) < 4.78 is 10.7.